The van der Waals surface area contributed by atoms with Crippen LogP contribution in [0, 0.1) is 0 Å². The summed E-state index contributed by atoms with van der Waals surface area (Å²) in [5.41, 5.74) is -0.677. The quantitative estimate of drug-likeness (QED) is 0.760. The van der Waals surface area contributed by atoms with Crippen molar-refractivity contribution in [3.63, 3.8) is 0 Å². The van der Waals surface area contributed by atoms with Gasteiger partial charge in [0.2, 0.25) is 0 Å². The van der Waals surface area contributed by atoms with Crippen LogP contribution in [0.1, 0.15) is 25.8 Å². The molecule has 0 saturated carbocycles. The fourth-order valence-electron chi connectivity index (χ4n) is 1.62. The second-order valence-electron chi connectivity index (χ2n) is 4.23. The molecule has 0 aliphatic carbocycles. The van der Waals surface area contributed by atoms with Crippen molar-refractivity contribution >= 4 is 17.4 Å². The van der Waals surface area contributed by atoms with Gasteiger partial charge in [-0.15, -0.1) is 11.6 Å². The maximum absolute atomic E-state index is 12.6. The molecule has 1 rings (SSSR count). The van der Waals surface area contributed by atoms with Crippen molar-refractivity contribution in [2.24, 2.45) is 0 Å². The highest BCUT2D eigenvalue weighted by Crippen LogP contribution is 2.31. The molecule has 0 bridgehead atoms. The van der Waals surface area contributed by atoms with Crippen LogP contribution < -0.4 is 4.90 Å². The summed E-state index contributed by atoms with van der Waals surface area (Å²) in [6.45, 7) is 4.42. The maximum atomic E-state index is 12.6. The number of nitrogens with zero attached hydrogens (tertiary/aromatic N) is 2. The molecule has 1 aromatic heterocycles. The van der Waals surface area contributed by atoms with Crippen LogP contribution in [0.25, 0.3) is 0 Å². The predicted octanol–water partition coefficient (Wildman–Crippen LogP) is 3.94. The van der Waals surface area contributed by atoms with Crippen molar-refractivity contribution < 1.29 is 13.2 Å². The summed E-state index contributed by atoms with van der Waals surface area (Å²) < 4.78 is 37.9. The van der Waals surface area contributed by atoms with Gasteiger partial charge in [-0.1, -0.05) is 0 Å². The first-order valence-corrected chi connectivity index (χ1v) is 6.25. The molecule has 0 atom stereocenters. The van der Waals surface area contributed by atoms with Gasteiger partial charge in [-0.2, -0.15) is 13.2 Å². The van der Waals surface area contributed by atoms with Gasteiger partial charge in [-0.05, 0) is 32.4 Å². The normalized spacial score (nSPS) is 11.9. The molecule has 2 nitrogen and oxygen atoms in total. The summed E-state index contributed by atoms with van der Waals surface area (Å²) in [6.07, 6.45) is -2.45. The number of halogens is 4. The fourth-order valence-corrected chi connectivity index (χ4v) is 1.74. The highest BCUT2D eigenvalue weighted by molar-refractivity contribution is 6.17. The van der Waals surface area contributed by atoms with E-state index in [1.165, 1.54) is 6.20 Å². The van der Waals surface area contributed by atoms with Crippen molar-refractivity contribution in [1.82, 2.24) is 4.98 Å². The molecule has 0 fully saturated rings. The van der Waals surface area contributed by atoms with Crippen LogP contribution in [-0.2, 0) is 6.18 Å². The first-order valence-electron chi connectivity index (χ1n) is 5.72. The van der Waals surface area contributed by atoms with Crippen LogP contribution in [0.2, 0.25) is 0 Å². The van der Waals surface area contributed by atoms with Gasteiger partial charge in [0.05, 0.1) is 5.56 Å². The number of alkyl halides is 4. The van der Waals surface area contributed by atoms with E-state index >= 15 is 0 Å². The standard InChI is InChI=1S/C12H16ClF3N2/c1-9(2)18(7-3-5-13)11-8-10(4-6-17-11)12(14,15)16/h4,6,8-9H,3,5,7H2,1-2H3. The molecule has 102 valence electrons. The minimum atomic E-state index is -4.34. The second kappa shape index (κ2) is 6.27. The maximum Gasteiger partial charge on any atom is 0.416 e. The molecule has 0 aliphatic heterocycles. The topological polar surface area (TPSA) is 16.1 Å². The summed E-state index contributed by atoms with van der Waals surface area (Å²) in [7, 11) is 0. The minimum absolute atomic E-state index is 0.0733. The zero-order valence-corrected chi connectivity index (χ0v) is 11.1. The predicted molar refractivity (Wildman–Crippen MR) is 67.1 cm³/mol. The number of aromatic nitrogens is 1. The largest absolute Gasteiger partial charge is 0.416 e. The Bertz CT molecular complexity index is 380. The Kier molecular flexibility index (Phi) is 5.26. The molecule has 0 aliphatic rings. The molecule has 0 spiro atoms. The Morgan fingerprint density at radius 2 is 2.06 bits per heavy atom. The second-order valence-corrected chi connectivity index (χ2v) is 4.61. The Morgan fingerprint density at radius 1 is 1.39 bits per heavy atom. The molecule has 0 aromatic carbocycles. The van der Waals surface area contributed by atoms with Crippen LogP contribution in [-0.4, -0.2) is 23.5 Å². The molecule has 1 aromatic rings. The third-order valence-electron chi connectivity index (χ3n) is 2.52. The third-order valence-corrected chi connectivity index (χ3v) is 2.79. The van der Waals surface area contributed by atoms with E-state index in [-0.39, 0.29) is 6.04 Å². The Hall–Kier alpha value is -0.970. The van der Waals surface area contributed by atoms with Gasteiger partial charge in [0.15, 0.2) is 0 Å². The molecular weight excluding hydrogens is 265 g/mol. The molecule has 0 radical (unpaired) electrons. The van der Waals surface area contributed by atoms with Crippen molar-refractivity contribution in [2.45, 2.75) is 32.5 Å². The van der Waals surface area contributed by atoms with Gasteiger partial charge in [0.25, 0.3) is 0 Å². The third kappa shape index (κ3) is 4.05. The van der Waals surface area contributed by atoms with Crippen molar-refractivity contribution in [1.29, 1.82) is 0 Å². The van der Waals surface area contributed by atoms with Crippen LogP contribution >= 0.6 is 11.6 Å². The highest BCUT2D eigenvalue weighted by atomic mass is 35.5. The van der Waals surface area contributed by atoms with Crippen molar-refractivity contribution in [2.75, 3.05) is 17.3 Å². The highest BCUT2D eigenvalue weighted by Gasteiger charge is 2.31. The van der Waals surface area contributed by atoms with Crippen LogP contribution in [0.5, 0.6) is 0 Å². The fraction of sp³-hybridized carbons (Fsp3) is 0.583. The van der Waals surface area contributed by atoms with Crippen molar-refractivity contribution in [3.8, 4) is 0 Å². The first kappa shape index (κ1) is 15.1. The monoisotopic (exact) mass is 280 g/mol. The smallest absolute Gasteiger partial charge is 0.354 e. The summed E-state index contributed by atoms with van der Waals surface area (Å²) in [6, 6.07) is 2.13. The first-order chi connectivity index (χ1) is 8.36. The Morgan fingerprint density at radius 3 is 2.56 bits per heavy atom. The zero-order chi connectivity index (χ0) is 13.8. The molecular formula is C12H16ClF3N2. The number of anilines is 1. The van der Waals surface area contributed by atoms with Crippen molar-refractivity contribution in [3.05, 3.63) is 23.9 Å². The summed E-state index contributed by atoms with van der Waals surface area (Å²) >= 11 is 5.61. The molecule has 18 heavy (non-hydrogen) atoms. The summed E-state index contributed by atoms with van der Waals surface area (Å²) in [4.78, 5) is 5.83. The van der Waals surface area contributed by atoms with Crippen LogP contribution in [0.4, 0.5) is 19.0 Å². The lowest BCUT2D eigenvalue weighted by Crippen LogP contribution is -2.33. The van der Waals surface area contributed by atoms with Gasteiger partial charge in [0.1, 0.15) is 5.82 Å². The van der Waals surface area contributed by atoms with Crippen LogP contribution in [0.3, 0.4) is 0 Å². The summed E-state index contributed by atoms with van der Waals surface area (Å²) in [5, 5.41) is 0. The van der Waals surface area contributed by atoms with E-state index in [9.17, 15) is 13.2 Å². The van der Waals surface area contributed by atoms with E-state index in [2.05, 4.69) is 4.98 Å². The lowest BCUT2D eigenvalue weighted by atomic mass is 10.2. The average molecular weight is 281 g/mol. The van der Waals surface area contributed by atoms with Gasteiger partial charge >= 0.3 is 6.18 Å². The van der Waals surface area contributed by atoms with E-state index in [4.69, 9.17) is 11.6 Å². The van der Waals surface area contributed by atoms with E-state index < -0.39 is 11.7 Å². The van der Waals surface area contributed by atoms with E-state index in [0.29, 0.717) is 24.7 Å². The van der Waals surface area contributed by atoms with Crippen LogP contribution in [0.15, 0.2) is 18.3 Å². The molecule has 0 amide bonds. The van der Waals surface area contributed by atoms with Gasteiger partial charge in [-0.25, -0.2) is 4.98 Å². The Labute approximate surface area is 110 Å². The lowest BCUT2D eigenvalue weighted by Gasteiger charge is -2.28. The molecule has 0 unspecified atom stereocenters. The minimum Gasteiger partial charge on any atom is -0.354 e. The van der Waals surface area contributed by atoms with E-state index in [1.807, 2.05) is 18.7 Å². The number of pyridine rings is 1. The molecule has 0 saturated heterocycles. The summed E-state index contributed by atoms with van der Waals surface area (Å²) in [5.74, 6) is 0.812. The SMILES string of the molecule is CC(C)N(CCCCl)c1cc(C(F)(F)F)ccn1. The van der Waals surface area contributed by atoms with E-state index in [0.717, 1.165) is 12.1 Å². The lowest BCUT2D eigenvalue weighted by molar-refractivity contribution is -0.137. The van der Waals surface area contributed by atoms with Gasteiger partial charge < -0.3 is 4.90 Å². The average Bonchev–Trinajstić information content (AvgIpc) is 2.28. The zero-order valence-electron chi connectivity index (χ0n) is 10.3. The van der Waals surface area contributed by atoms with E-state index in [1.54, 1.807) is 0 Å². The Balaban J connectivity index is 2.98. The number of hydrogen-bond acceptors (Lipinski definition) is 2. The molecule has 1 heterocycles. The number of hydrogen-bond donors (Lipinski definition) is 0. The van der Waals surface area contributed by atoms with Gasteiger partial charge in [0, 0.05) is 24.7 Å². The molecule has 0 N–H and O–H groups in total. The number of rotatable bonds is 5. The molecule has 6 heteroatoms. The van der Waals surface area contributed by atoms with Gasteiger partial charge in [-0.3, -0.25) is 0 Å².